The number of nitro benzene ring substituents is 1. The van der Waals surface area contributed by atoms with E-state index in [2.05, 4.69) is 11.1 Å². The SMILES string of the molecule is N#CC1=C(c2c[nH]c3ccccc23)Oc2nc3c(c(N)c2C1c1ccc([N+](=O)[O-])cc1)CCC3. The van der Waals surface area contributed by atoms with E-state index in [1.165, 1.54) is 12.1 Å². The number of allylic oxidation sites excluding steroid dienone is 1. The molecule has 1 atom stereocenters. The third-order valence-electron chi connectivity index (χ3n) is 6.68. The van der Waals surface area contributed by atoms with Crippen molar-refractivity contribution in [2.45, 2.75) is 25.2 Å². The molecular formula is C26H19N5O3. The smallest absolute Gasteiger partial charge is 0.269 e. The Morgan fingerprint density at radius 2 is 1.97 bits per heavy atom. The van der Waals surface area contributed by atoms with Gasteiger partial charge in [-0.3, -0.25) is 10.1 Å². The molecule has 8 nitrogen and oxygen atoms in total. The average Bonchev–Trinajstić information content (AvgIpc) is 3.50. The second kappa shape index (κ2) is 7.46. The number of benzene rings is 2. The molecule has 0 spiro atoms. The van der Waals surface area contributed by atoms with Crippen molar-refractivity contribution >= 4 is 28.0 Å². The van der Waals surface area contributed by atoms with Gasteiger partial charge in [-0.25, -0.2) is 4.98 Å². The Morgan fingerprint density at radius 3 is 2.74 bits per heavy atom. The summed E-state index contributed by atoms with van der Waals surface area (Å²) < 4.78 is 6.35. The average molecular weight is 449 g/mol. The number of H-pyrrole nitrogens is 1. The van der Waals surface area contributed by atoms with Crippen molar-refractivity contribution in [2.75, 3.05) is 5.73 Å². The normalized spacial score (nSPS) is 16.6. The molecular weight excluding hydrogens is 430 g/mol. The van der Waals surface area contributed by atoms with Crippen molar-refractivity contribution in [3.63, 3.8) is 0 Å². The van der Waals surface area contributed by atoms with Crippen LogP contribution >= 0.6 is 0 Å². The number of fused-ring (bicyclic) bond motifs is 3. The predicted octanol–water partition coefficient (Wildman–Crippen LogP) is 5.00. The molecule has 3 heterocycles. The molecule has 8 heteroatoms. The topological polar surface area (TPSA) is 131 Å². The quantitative estimate of drug-likeness (QED) is 0.334. The van der Waals surface area contributed by atoms with Gasteiger partial charge in [0.2, 0.25) is 5.88 Å². The fraction of sp³-hybridized carbons (Fsp3) is 0.154. The van der Waals surface area contributed by atoms with Gasteiger partial charge >= 0.3 is 0 Å². The molecule has 0 fully saturated rings. The van der Waals surface area contributed by atoms with E-state index in [1.54, 1.807) is 12.1 Å². The highest BCUT2D eigenvalue weighted by Gasteiger charge is 2.37. The monoisotopic (exact) mass is 449 g/mol. The molecule has 0 radical (unpaired) electrons. The highest BCUT2D eigenvalue weighted by molar-refractivity contribution is 5.94. The second-order valence-electron chi connectivity index (χ2n) is 8.51. The molecule has 0 bridgehead atoms. The van der Waals surface area contributed by atoms with E-state index in [9.17, 15) is 15.4 Å². The number of nitrogens with one attached hydrogen (secondary N) is 1. The molecule has 2 aromatic carbocycles. The van der Waals surface area contributed by atoms with Crippen molar-refractivity contribution in [3.8, 4) is 11.9 Å². The van der Waals surface area contributed by atoms with Gasteiger partial charge in [0.25, 0.3) is 5.69 Å². The number of hydrogen-bond donors (Lipinski definition) is 2. The van der Waals surface area contributed by atoms with Crippen LogP contribution in [0, 0.1) is 21.4 Å². The number of aromatic amines is 1. The van der Waals surface area contributed by atoms with E-state index in [-0.39, 0.29) is 5.69 Å². The number of anilines is 1. The number of aromatic nitrogens is 2. The minimum absolute atomic E-state index is 0.0181. The third kappa shape index (κ3) is 2.87. The van der Waals surface area contributed by atoms with E-state index < -0.39 is 10.8 Å². The van der Waals surface area contributed by atoms with Crippen LogP contribution in [0.15, 0.2) is 60.3 Å². The summed E-state index contributed by atoms with van der Waals surface area (Å²) in [5.41, 5.74) is 12.6. The number of hydrogen-bond acceptors (Lipinski definition) is 6. The molecule has 0 saturated carbocycles. The Bertz CT molecular complexity index is 1560. The maximum Gasteiger partial charge on any atom is 0.269 e. The van der Waals surface area contributed by atoms with Crippen LogP contribution in [0.3, 0.4) is 0 Å². The van der Waals surface area contributed by atoms with Crippen LogP contribution in [0.1, 0.15) is 40.3 Å². The van der Waals surface area contributed by atoms with Crippen LogP contribution < -0.4 is 10.5 Å². The van der Waals surface area contributed by atoms with Gasteiger partial charge in [0, 0.05) is 46.2 Å². The molecule has 1 aliphatic carbocycles. The van der Waals surface area contributed by atoms with Crippen molar-refractivity contribution in [1.82, 2.24) is 9.97 Å². The largest absolute Gasteiger partial charge is 0.437 e. The lowest BCUT2D eigenvalue weighted by atomic mass is 9.81. The number of nitrogens with zero attached hydrogens (tertiary/aromatic N) is 3. The number of nitro groups is 1. The van der Waals surface area contributed by atoms with Crippen LogP contribution in [0.4, 0.5) is 11.4 Å². The molecule has 3 N–H and O–H groups in total. The van der Waals surface area contributed by atoms with Gasteiger partial charge in [0.05, 0.1) is 28.0 Å². The number of non-ortho nitro benzene ring substituents is 1. The van der Waals surface area contributed by atoms with E-state index in [1.807, 2.05) is 30.5 Å². The van der Waals surface area contributed by atoms with Gasteiger partial charge in [0.15, 0.2) is 5.76 Å². The highest BCUT2D eigenvalue weighted by Crippen LogP contribution is 2.50. The Balaban J connectivity index is 1.63. The van der Waals surface area contributed by atoms with E-state index in [0.29, 0.717) is 28.5 Å². The highest BCUT2D eigenvalue weighted by atomic mass is 16.6. The predicted molar refractivity (Wildman–Crippen MR) is 127 cm³/mol. The molecule has 1 unspecified atom stereocenters. The summed E-state index contributed by atoms with van der Waals surface area (Å²) in [6.07, 6.45) is 4.45. The molecule has 2 aliphatic rings. The standard InChI is InChI=1S/C26H19N5O3/c27-12-18-22(14-8-10-15(11-9-14)31(32)33)23-24(28)17-5-3-7-21(17)30-26(23)34-25(18)19-13-29-20-6-2-1-4-16(19)20/h1-2,4,6,8-11,13,22,29H,3,5,7H2,(H2,28,30). The minimum Gasteiger partial charge on any atom is -0.437 e. The van der Waals surface area contributed by atoms with Crippen LogP contribution in [0.2, 0.25) is 0 Å². The zero-order chi connectivity index (χ0) is 23.4. The number of para-hydroxylation sites is 1. The first kappa shape index (κ1) is 20.0. The fourth-order valence-electron chi connectivity index (χ4n) is 5.08. The van der Waals surface area contributed by atoms with Gasteiger partial charge < -0.3 is 15.5 Å². The third-order valence-corrected chi connectivity index (χ3v) is 6.68. The Kier molecular flexibility index (Phi) is 4.39. The summed E-state index contributed by atoms with van der Waals surface area (Å²) in [6, 6.07) is 16.4. The van der Waals surface area contributed by atoms with Gasteiger partial charge in [0.1, 0.15) is 0 Å². The zero-order valence-electron chi connectivity index (χ0n) is 18.0. The lowest BCUT2D eigenvalue weighted by molar-refractivity contribution is -0.384. The molecule has 2 aromatic heterocycles. The van der Waals surface area contributed by atoms with Crippen LogP contribution in [-0.4, -0.2) is 14.9 Å². The number of ether oxygens (including phenoxy) is 1. The molecule has 1 aliphatic heterocycles. The van der Waals surface area contributed by atoms with Crippen LogP contribution in [0.5, 0.6) is 5.88 Å². The van der Waals surface area contributed by atoms with Crippen molar-refractivity contribution in [2.24, 2.45) is 0 Å². The Morgan fingerprint density at radius 1 is 1.18 bits per heavy atom. The first-order valence-electron chi connectivity index (χ1n) is 11.0. The molecule has 4 aromatic rings. The summed E-state index contributed by atoms with van der Waals surface area (Å²) in [5.74, 6) is 0.248. The van der Waals surface area contributed by atoms with E-state index >= 15 is 0 Å². The van der Waals surface area contributed by atoms with Gasteiger partial charge in [-0.2, -0.15) is 5.26 Å². The van der Waals surface area contributed by atoms with Gasteiger partial charge in [-0.05, 0) is 36.5 Å². The second-order valence-corrected chi connectivity index (χ2v) is 8.51. The van der Waals surface area contributed by atoms with Gasteiger partial charge in [-0.15, -0.1) is 0 Å². The maximum atomic E-state index is 11.2. The number of nitriles is 1. The summed E-state index contributed by atoms with van der Waals surface area (Å²) >= 11 is 0. The lowest BCUT2D eigenvalue weighted by Crippen LogP contribution is -2.20. The number of pyridine rings is 1. The molecule has 0 amide bonds. The Labute approximate surface area is 194 Å². The summed E-state index contributed by atoms with van der Waals surface area (Å²) in [7, 11) is 0. The van der Waals surface area contributed by atoms with E-state index in [4.69, 9.17) is 15.5 Å². The summed E-state index contributed by atoms with van der Waals surface area (Å²) in [5, 5.41) is 22.5. The molecule has 34 heavy (non-hydrogen) atoms. The number of nitrogen functional groups attached to an aromatic ring is 1. The molecule has 6 rings (SSSR count). The zero-order valence-corrected chi connectivity index (χ0v) is 18.0. The number of aryl methyl sites for hydroxylation is 1. The van der Waals surface area contributed by atoms with Gasteiger partial charge in [-0.1, -0.05) is 30.3 Å². The first-order valence-corrected chi connectivity index (χ1v) is 11.0. The van der Waals surface area contributed by atoms with Crippen LogP contribution in [0.25, 0.3) is 16.7 Å². The fourth-order valence-corrected chi connectivity index (χ4v) is 5.08. The number of nitrogens with two attached hydrogens (primary N) is 1. The van der Waals surface area contributed by atoms with Crippen molar-refractivity contribution in [1.29, 1.82) is 5.26 Å². The molecule has 166 valence electrons. The Hall–Kier alpha value is -4.64. The maximum absolute atomic E-state index is 11.2. The molecule has 0 saturated heterocycles. The lowest BCUT2D eigenvalue weighted by Gasteiger charge is -2.29. The number of rotatable bonds is 3. The van der Waals surface area contributed by atoms with E-state index in [0.717, 1.165) is 52.5 Å². The minimum atomic E-state index is -0.559. The van der Waals surface area contributed by atoms with Crippen molar-refractivity contribution < 1.29 is 9.66 Å². The first-order chi connectivity index (χ1) is 16.6. The van der Waals surface area contributed by atoms with Crippen LogP contribution in [-0.2, 0) is 12.8 Å². The summed E-state index contributed by atoms with van der Waals surface area (Å²) in [6.45, 7) is 0. The summed E-state index contributed by atoms with van der Waals surface area (Å²) in [4.78, 5) is 18.8. The van der Waals surface area contributed by atoms with Crippen molar-refractivity contribution in [3.05, 3.63) is 98.4 Å².